The predicted octanol–water partition coefficient (Wildman–Crippen LogP) is -1.17. The Hall–Kier alpha value is -0.610. The average Bonchev–Trinajstić information content (AvgIpc) is 2.28. The summed E-state index contributed by atoms with van der Waals surface area (Å²) in [4.78, 5) is 11.0. The van der Waals surface area contributed by atoms with Gasteiger partial charge in [0.25, 0.3) is 0 Å². The maximum atomic E-state index is 11.0. The van der Waals surface area contributed by atoms with Crippen LogP contribution in [0.15, 0.2) is 0 Å². The van der Waals surface area contributed by atoms with Crippen molar-refractivity contribution in [1.29, 1.82) is 0 Å². The number of aliphatic hydroxyl groups is 1. The fraction of sp³-hybridized carbons (Fsp3) is 0.857. The number of carbonyl (C=O) groups is 1. The molecule has 0 unspecified atom stereocenters. The zero-order chi connectivity index (χ0) is 8.43. The van der Waals surface area contributed by atoms with E-state index >= 15 is 0 Å². The molecule has 1 saturated heterocycles. The van der Waals surface area contributed by atoms with Crippen molar-refractivity contribution in [3.05, 3.63) is 0 Å². The molecular weight excluding hydrogens is 144 g/mol. The second-order valence-corrected chi connectivity index (χ2v) is 2.90. The van der Waals surface area contributed by atoms with Crippen LogP contribution in [0, 0.1) is 5.92 Å². The van der Waals surface area contributed by atoms with Crippen molar-refractivity contribution in [2.24, 2.45) is 11.7 Å². The molecule has 0 aromatic carbocycles. The normalized spacial score (nSPS) is 37.4. The molecular formula is C7H14N2O2. The molecule has 1 aliphatic rings. The summed E-state index contributed by atoms with van der Waals surface area (Å²) in [7, 11) is 0. The zero-order valence-corrected chi connectivity index (χ0v) is 6.58. The van der Waals surface area contributed by atoms with Crippen LogP contribution in [-0.2, 0) is 4.79 Å². The lowest BCUT2D eigenvalue weighted by Crippen LogP contribution is -2.34. The first-order valence-electron chi connectivity index (χ1n) is 3.87. The molecule has 0 bridgehead atoms. The lowest BCUT2D eigenvalue weighted by molar-refractivity contribution is -0.120. The number of amides is 1. The molecule has 64 valence electrons. The van der Waals surface area contributed by atoms with Gasteiger partial charge in [0.2, 0.25) is 5.91 Å². The third-order valence-corrected chi connectivity index (χ3v) is 2.28. The Morgan fingerprint density at radius 3 is 2.73 bits per heavy atom. The van der Waals surface area contributed by atoms with Gasteiger partial charge in [-0.25, -0.2) is 0 Å². The topological polar surface area (TPSA) is 75.3 Å². The van der Waals surface area contributed by atoms with Gasteiger partial charge in [0.05, 0.1) is 18.7 Å². The largest absolute Gasteiger partial charge is 0.394 e. The summed E-state index contributed by atoms with van der Waals surface area (Å²) < 4.78 is 0. The maximum absolute atomic E-state index is 11.0. The van der Waals surface area contributed by atoms with E-state index in [1.165, 1.54) is 0 Å². The molecule has 4 heteroatoms. The fourth-order valence-electron chi connectivity index (χ4n) is 1.55. The van der Waals surface area contributed by atoms with Gasteiger partial charge in [-0.1, -0.05) is 6.92 Å². The maximum Gasteiger partial charge on any atom is 0.237 e. The molecule has 1 amide bonds. The first-order chi connectivity index (χ1) is 5.20. The Labute approximate surface area is 65.8 Å². The van der Waals surface area contributed by atoms with Gasteiger partial charge in [-0.2, -0.15) is 0 Å². The summed E-state index contributed by atoms with van der Waals surface area (Å²) in [5.74, 6) is -0.0524. The van der Waals surface area contributed by atoms with E-state index in [0.717, 1.165) is 6.42 Å². The minimum atomic E-state index is -0.433. The van der Waals surface area contributed by atoms with Gasteiger partial charge in [0, 0.05) is 5.92 Å². The van der Waals surface area contributed by atoms with Gasteiger partial charge >= 0.3 is 0 Å². The molecule has 0 aromatic rings. The van der Waals surface area contributed by atoms with Crippen molar-refractivity contribution in [3.8, 4) is 0 Å². The van der Waals surface area contributed by atoms with E-state index in [0.29, 0.717) is 0 Å². The van der Waals surface area contributed by atoms with E-state index in [-0.39, 0.29) is 24.5 Å². The molecule has 0 radical (unpaired) electrons. The second kappa shape index (κ2) is 3.19. The van der Waals surface area contributed by atoms with Crippen LogP contribution in [0.5, 0.6) is 0 Å². The Kier molecular flexibility index (Phi) is 2.46. The van der Waals surface area contributed by atoms with Crippen molar-refractivity contribution in [1.82, 2.24) is 5.32 Å². The van der Waals surface area contributed by atoms with E-state index < -0.39 is 6.04 Å². The lowest BCUT2D eigenvalue weighted by Gasteiger charge is -2.15. The number of rotatable bonds is 2. The molecule has 0 aromatic heterocycles. The zero-order valence-electron chi connectivity index (χ0n) is 6.58. The third-order valence-electron chi connectivity index (χ3n) is 2.28. The van der Waals surface area contributed by atoms with Gasteiger partial charge in [0.1, 0.15) is 0 Å². The highest BCUT2D eigenvalue weighted by Gasteiger charge is 2.37. The second-order valence-electron chi connectivity index (χ2n) is 2.90. The molecule has 1 rings (SSSR count). The highest BCUT2D eigenvalue weighted by atomic mass is 16.3. The third kappa shape index (κ3) is 1.36. The number of aliphatic hydroxyl groups excluding tert-OH is 1. The number of nitrogens with two attached hydrogens (primary N) is 1. The first kappa shape index (κ1) is 8.49. The SMILES string of the molecule is CC[C@H]1[C@@H](CO)NC(=O)[C@@H]1N. The average molecular weight is 158 g/mol. The van der Waals surface area contributed by atoms with Gasteiger partial charge < -0.3 is 16.2 Å². The standard InChI is InChI=1S/C7H14N2O2/c1-2-4-5(3-10)9-7(11)6(4)8/h4-6,10H,2-3,8H2,1H3,(H,9,11)/t4-,5+,6+/m0/s1. The predicted molar refractivity (Wildman–Crippen MR) is 40.8 cm³/mol. The van der Waals surface area contributed by atoms with Crippen LogP contribution in [0.2, 0.25) is 0 Å². The Balaban J connectivity index is 2.64. The summed E-state index contributed by atoms with van der Waals surface area (Å²) in [6.07, 6.45) is 0.825. The molecule has 4 N–H and O–H groups in total. The van der Waals surface area contributed by atoms with Gasteiger partial charge in [-0.05, 0) is 6.42 Å². The van der Waals surface area contributed by atoms with Gasteiger partial charge in [-0.15, -0.1) is 0 Å². The molecule has 11 heavy (non-hydrogen) atoms. The Morgan fingerprint density at radius 2 is 2.36 bits per heavy atom. The van der Waals surface area contributed by atoms with Gasteiger partial charge in [0.15, 0.2) is 0 Å². The highest BCUT2D eigenvalue weighted by Crippen LogP contribution is 2.18. The minimum Gasteiger partial charge on any atom is -0.394 e. The fourth-order valence-corrected chi connectivity index (χ4v) is 1.55. The minimum absolute atomic E-state index is 0.0159. The monoisotopic (exact) mass is 158 g/mol. The molecule has 1 aliphatic heterocycles. The number of carbonyl (C=O) groups excluding carboxylic acids is 1. The van der Waals surface area contributed by atoms with Crippen LogP contribution in [0.3, 0.4) is 0 Å². The van der Waals surface area contributed by atoms with Crippen LogP contribution >= 0.6 is 0 Å². The highest BCUT2D eigenvalue weighted by molar-refractivity contribution is 5.84. The lowest BCUT2D eigenvalue weighted by atomic mass is 9.95. The van der Waals surface area contributed by atoms with Crippen LogP contribution in [-0.4, -0.2) is 29.7 Å². The van der Waals surface area contributed by atoms with Crippen LogP contribution in [0.1, 0.15) is 13.3 Å². The summed E-state index contributed by atoms with van der Waals surface area (Å²) in [5.41, 5.74) is 5.58. The van der Waals surface area contributed by atoms with Crippen molar-refractivity contribution < 1.29 is 9.90 Å². The van der Waals surface area contributed by atoms with Crippen molar-refractivity contribution >= 4 is 5.91 Å². The Morgan fingerprint density at radius 1 is 1.73 bits per heavy atom. The Bertz CT molecular complexity index is 161. The van der Waals surface area contributed by atoms with Crippen LogP contribution < -0.4 is 11.1 Å². The number of hydrogen-bond donors (Lipinski definition) is 3. The van der Waals surface area contributed by atoms with Crippen molar-refractivity contribution in [2.45, 2.75) is 25.4 Å². The molecule has 0 aliphatic carbocycles. The van der Waals surface area contributed by atoms with E-state index in [9.17, 15) is 4.79 Å². The summed E-state index contributed by atoms with van der Waals surface area (Å²) in [6.45, 7) is 1.95. The van der Waals surface area contributed by atoms with E-state index in [1.54, 1.807) is 0 Å². The van der Waals surface area contributed by atoms with Crippen LogP contribution in [0.25, 0.3) is 0 Å². The molecule has 0 saturated carbocycles. The first-order valence-corrected chi connectivity index (χ1v) is 3.87. The molecule has 4 nitrogen and oxygen atoms in total. The van der Waals surface area contributed by atoms with E-state index in [1.807, 2.05) is 6.92 Å². The quantitative estimate of drug-likeness (QED) is 0.474. The molecule has 1 heterocycles. The number of nitrogens with one attached hydrogen (secondary N) is 1. The van der Waals surface area contributed by atoms with Crippen molar-refractivity contribution in [3.63, 3.8) is 0 Å². The molecule has 1 fully saturated rings. The summed E-state index contributed by atoms with van der Waals surface area (Å²) in [5, 5.41) is 11.5. The summed E-state index contributed by atoms with van der Waals surface area (Å²) >= 11 is 0. The molecule has 0 spiro atoms. The van der Waals surface area contributed by atoms with Gasteiger partial charge in [-0.3, -0.25) is 4.79 Å². The molecule has 3 atom stereocenters. The van der Waals surface area contributed by atoms with E-state index in [4.69, 9.17) is 10.8 Å². The smallest absolute Gasteiger partial charge is 0.237 e. The van der Waals surface area contributed by atoms with E-state index in [2.05, 4.69) is 5.32 Å². The summed E-state index contributed by atoms with van der Waals surface area (Å²) in [6, 6.07) is -0.570. The van der Waals surface area contributed by atoms with Crippen molar-refractivity contribution in [2.75, 3.05) is 6.61 Å². The van der Waals surface area contributed by atoms with Crippen LogP contribution in [0.4, 0.5) is 0 Å². The number of hydrogen-bond acceptors (Lipinski definition) is 3.